The lowest BCUT2D eigenvalue weighted by Gasteiger charge is -2.33. The predicted octanol–water partition coefficient (Wildman–Crippen LogP) is 3.34. The van der Waals surface area contributed by atoms with Crippen LogP contribution in [0.15, 0.2) is 24.3 Å². The molecule has 6 nitrogen and oxygen atoms in total. The molecule has 0 spiro atoms. The van der Waals surface area contributed by atoms with Crippen molar-refractivity contribution in [2.45, 2.75) is 45.3 Å². The average molecular weight is 317 g/mol. The molecule has 1 saturated heterocycles. The van der Waals surface area contributed by atoms with Crippen LogP contribution in [0.1, 0.15) is 33.6 Å². The molecule has 0 aliphatic carbocycles. The van der Waals surface area contributed by atoms with Crippen LogP contribution in [0.25, 0.3) is 11.0 Å². The largest absolute Gasteiger partial charge is 0.460 e. The van der Waals surface area contributed by atoms with Gasteiger partial charge in [0.05, 0.1) is 17.6 Å². The first-order valence-electron chi connectivity index (χ1n) is 8.00. The summed E-state index contributed by atoms with van der Waals surface area (Å²) in [5.74, 6) is 0. The summed E-state index contributed by atoms with van der Waals surface area (Å²) >= 11 is 0. The molecule has 0 radical (unpaired) electrons. The van der Waals surface area contributed by atoms with Crippen LogP contribution in [0.4, 0.5) is 4.79 Å². The maximum Gasteiger partial charge on any atom is 0.410 e. The number of ether oxygens (including phenoxy) is 2. The van der Waals surface area contributed by atoms with E-state index in [2.05, 4.69) is 9.97 Å². The van der Waals surface area contributed by atoms with Gasteiger partial charge in [0, 0.05) is 6.54 Å². The number of hydrogen-bond donors (Lipinski definition) is 1. The van der Waals surface area contributed by atoms with Crippen molar-refractivity contribution in [2.24, 2.45) is 0 Å². The SMILES string of the molecule is CC(C)(C)OC(=O)N1CCC[C@@H](Oc2nc3ccccc3[nH]2)C1. The van der Waals surface area contributed by atoms with Gasteiger partial charge in [-0.1, -0.05) is 12.1 Å². The minimum atomic E-state index is -0.483. The number of imidazole rings is 1. The zero-order valence-corrected chi connectivity index (χ0v) is 13.8. The summed E-state index contributed by atoms with van der Waals surface area (Å²) in [6.07, 6.45) is 1.44. The van der Waals surface area contributed by atoms with E-state index in [1.165, 1.54) is 0 Å². The number of piperidine rings is 1. The number of fused-ring (bicyclic) bond motifs is 1. The maximum atomic E-state index is 12.2. The summed E-state index contributed by atoms with van der Waals surface area (Å²) in [4.78, 5) is 21.5. The molecule has 0 unspecified atom stereocenters. The Morgan fingerprint density at radius 1 is 1.35 bits per heavy atom. The molecule has 124 valence electrons. The maximum absolute atomic E-state index is 12.2. The van der Waals surface area contributed by atoms with Crippen LogP contribution >= 0.6 is 0 Å². The lowest BCUT2D eigenvalue weighted by Crippen LogP contribution is -2.46. The number of hydrogen-bond acceptors (Lipinski definition) is 4. The van der Waals surface area contributed by atoms with Crippen molar-refractivity contribution < 1.29 is 14.3 Å². The first-order valence-corrected chi connectivity index (χ1v) is 8.00. The number of nitrogens with one attached hydrogen (secondary N) is 1. The molecule has 0 bridgehead atoms. The Hall–Kier alpha value is -2.24. The van der Waals surface area contributed by atoms with Crippen molar-refractivity contribution in [2.75, 3.05) is 13.1 Å². The number of aromatic nitrogens is 2. The number of benzene rings is 1. The van der Waals surface area contributed by atoms with Crippen LogP contribution in [0.2, 0.25) is 0 Å². The van der Waals surface area contributed by atoms with Crippen LogP contribution in [0, 0.1) is 0 Å². The Kier molecular flexibility index (Phi) is 4.15. The van der Waals surface area contributed by atoms with Gasteiger partial charge in [0.15, 0.2) is 0 Å². The summed E-state index contributed by atoms with van der Waals surface area (Å²) < 4.78 is 11.4. The summed E-state index contributed by atoms with van der Waals surface area (Å²) in [7, 11) is 0. The zero-order valence-electron chi connectivity index (χ0n) is 13.8. The standard InChI is InChI=1S/C17H23N3O3/c1-17(2,3)23-16(21)20-10-6-7-12(11-20)22-15-18-13-8-4-5-9-14(13)19-15/h4-5,8-9,12H,6-7,10-11H2,1-3H3,(H,18,19)/t12-/m1/s1. The third kappa shape index (κ3) is 3.94. The molecule has 1 aromatic carbocycles. The van der Waals surface area contributed by atoms with E-state index in [9.17, 15) is 4.79 Å². The second-order valence-corrected chi connectivity index (χ2v) is 6.87. The van der Waals surface area contributed by atoms with E-state index in [0.29, 0.717) is 19.1 Å². The molecule has 1 amide bonds. The number of carbonyl (C=O) groups excluding carboxylic acids is 1. The van der Waals surface area contributed by atoms with E-state index in [1.807, 2.05) is 45.0 Å². The van der Waals surface area contributed by atoms with Crippen LogP contribution < -0.4 is 4.74 Å². The van der Waals surface area contributed by atoms with E-state index in [4.69, 9.17) is 9.47 Å². The number of rotatable bonds is 2. The molecular weight excluding hydrogens is 294 g/mol. The number of amides is 1. The predicted molar refractivity (Wildman–Crippen MR) is 87.6 cm³/mol. The summed E-state index contributed by atoms with van der Waals surface area (Å²) in [6, 6.07) is 8.30. The highest BCUT2D eigenvalue weighted by Gasteiger charge is 2.29. The number of para-hydroxylation sites is 2. The van der Waals surface area contributed by atoms with Crippen molar-refractivity contribution in [3.63, 3.8) is 0 Å². The van der Waals surface area contributed by atoms with Gasteiger partial charge in [-0.05, 0) is 45.7 Å². The molecule has 23 heavy (non-hydrogen) atoms. The molecule has 1 N–H and O–H groups in total. The van der Waals surface area contributed by atoms with Gasteiger partial charge < -0.3 is 19.4 Å². The van der Waals surface area contributed by atoms with Gasteiger partial charge in [-0.2, -0.15) is 4.98 Å². The molecule has 1 aliphatic heterocycles. The van der Waals surface area contributed by atoms with E-state index >= 15 is 0 Å². The Morgan fingerprint density at radius 3 is 2.87 bits per heavy atom. The van der Waals surface area contributed by atoms with Gasteiger partial charge >= 0.3 is 6.09 Å². The smallest absolute Gasteiger partial charge is 0.410 e. The van der Waals surface area contributed by atoms with Crippen molar-refractivity contribution >= 4 is 17.1 Å². The minimum absolute atomic E-state index is 0.0724. The van der Waals surface area contributed by atoms with Crippen molar-refractivity contribution in [3.05, 3.63) is 24.3 Å². The Morgan fingerprint density at radius 2 is 2.13 bits per heavy atom. The average Bonchev–Trinajstić information content (AvgIpc) is 2.88. The number of nitrogens with zero attached hydrogens (tertiary/aromatic N) is 2. The van der Waals surface area contributed by atoms with Gasteiger partial charge in [0.2, 0.25) is 0 Å². The van der Waals surface area contributed by atoms with Gasteiger partial charge in [0.25, 0.3) is 6.01 Å². The molecule has 1 aromatic heterocycles. The highest BCUT2D eigenvalue weighted by atomic mass is 16.6. The third-order valence-electron chi connectivity index (χ3n) is 3.68. The van der Waals surface area contributed by atoms with Crippen LogP contribution in [-0.4, -0.2) is 45.8 Å². The number of carbonyl (C=O) groups is 1. The Labute approximate surface area is 135 Å². The fourth-order valence-corrected chi connectivity index (χ4v) is 2.67. The second kappa shape index (κ2) is 6.10. The minimum Gasteiger partial charge on any atom is -0.460 e. The summed E-state index contributed by atoms with van der Waals surface area (Å²) in [6.45, 7) is 6.84. The van der Waals surface area contributed by atoms with E-state index < -0.39 is 5.60 Å². The molecule has 1 aliphatic rings. The highest BCUT2D eigenvalue weighted by molar-refractivity contribution is 5.75. The normalized spacial score (nSPS) is 18.9. The number of aromatic amines is 1. The second-order valence-electron chi connectivity index (χ2n) is 6.87. The molecule has 1 fully saturated rings. The Bertz CT molecular complexity index is 657. The highest BCUT2D eigenvalue weighted by Crippen LogP contribution is 2.21. The quantitative estimate of drug-likeness (QED) is 0.922. The topological polar surface area (TPSA) is 67.4 Å². The zero-order chi connectivity index (χ0) is 16.4. The van der Waals surface area contributed by atoms with Gasteiger partial charge in [-0.25, -0.2) is 4.79 Å². The van der Waals surface area contributed by atoms with Crippen molar-refractivity contribution in [1.29, 1.82) is 0 Å². The first kappa shape index (κ1) is 15.6. The van der Waals surface area contributed by atoms with E-state index in [-0.39, 0.29) is 12.2 Å². The lowest BCUT2D eigenvalue weighted by atomic mass is 10.1. The van der Waals surface area contributed by atoms with Crippen molar-refractivity contribution in [1.82, 2.24) is 14.9 Å². The molecule has 1 atom stereocenters. The molecule has 2 aromatic rings. The van der Waals surface area contributed by atoms with Gasteiger partial charge in [-0.3, -0.25) is 0 Å². The van der Waals surface area contributed by atoms with Gasteiger partial charge in [0.1, 0.15) is 11.7 Å². The third-order valence-corrected chi connectivity index (χ3v) is 3.68. The van der Waals surface area contributed by atoms with E-state index in [0.717, 1.165) is 23.9 Å². The number of H-pyrrole nitrogens is 1. The monoisotopic (exact) mass is 317 g/mol. The summed E-state index contributed by atoms with van der Waals surface area (Å²) in [5.41, 5.74) is 1.34. The first-order chi connectivity index (χ1) is 10.9. The fourth-order valence-electron chi connectivity index (χ4n) is 2.67. The van der Waals surface area contributed by atoms with Crippen LogP contribution in [-0.2, 0) is 4.74 Å². The van der Waals surface area contributed by atoms with E-state index in [1.54, 1.807) is 4.90 Å². The summed E-state index contributed by atoms with van der Waals surface area (Å²) in [5, 5.41) is 0. The molecular formula is C17H23N3O3. The van der Waals surface area contributed by atoms with Crippen LogP contribution in [0.3, 0.4) is 0 Å². The fraction of sp³-hybridized carbons (Fsp3) is 0.529. The van der Waals surface area contributed by atoms with Gasteiger partial charge in [-0.15, -0.1) is 0 Å². The molecule has 3 rings (SSSR count). The molecule has 0 saturated carbocycles. The molecule has 2 heterocycles. The lowest BCUT2D eigenvalue weighted by molar-refractivity contribution is 0.00675. The molecule has 6 heteroatoms. The Balaban J connectivity index is 1.63. The van der Waals surface area contributed by atoms with Crippen molar-refractivity contribution in [3.8, 4) is 6.01 Å². The number of likely N-dealkylation sites (tertiary alicyclic amines) is 1. The van der Waals surface area contributed by atoms with Crippen LogP contribution in [0.5, 0.6) is 6.01 Å².